The zero-order valence-corrected chi connectivity index (χ0v) is 15.5. The van der Waals surface area contributed by atoms with E-state index in [-0.39, 0.29) is 4.90 Å². The Morgan fingerprint density at radius 1 is 0.893 bits per heavy atom. The molecule has 140 valence electrons. The van der Waals surface area contributed by atoms with Crippen LogP contribution in [0.2, 0.25) is 0 Å². The maximum Gasteiger partial charge on any atom is 0.265 e. The highest BCUT2D eigenvalue weighted by atomic mass is 32.2. The van der Waals surface area contributed by atoms with Crippen LogP contribution in [0.15, 0.2) is 96.3 Å². The van der Waals surface area contributed by atoms with E-state index in [1.165, 1.54) is 17.1 Å². The minimum atomic E-state index is -3.76. The summed E-state index contributed by atoms with van der Waals surface area (Å²) in [4.78, 5) is 4.15. The average Bonchev–Trinajstić information content (AvgIpc) is 3.22. The lowest BCUT2D eigenvalue weighted by atomic mass is 10.3. The molecular formula is C20H16N4O3S. The van der Waals surface area contributed by atoms with Gasteiger partial charge in [-0.3, -0.25) is 4.72 Å². The van der Waals surface area contributed by atoms with Crippen molar-refractivity contribution in [1.29, 1.82) is 0 Å². The zero-order chi connectivity index (χ0) is 19.4. The Balaban J connectivity index is 1.48. The summed E-state index contributed by atoms with van der Waals surface area (Å²) in [5.41, 5.74) is 1.20. The van der Waals surface area contributed by atoms with Gasteiger partial charge in [0, 0.05) is 18.0 Å². The van der Waals surface area contributed by atoms with Gasteiger partial charge in [-0.2, -0.15) is 5.10 Å². The van der Waals surface area contributed by atoms with Gasteiger partial charge in [0.25, 0.3) is 10.0 Å². The van der Waals surface area contributed by atoms with Gasteiger partial charge in [0.15, 0.2) is 0 Å². The first-order valence-corrected chi connectivity index (χ1v) is 9.90. The summed E-state index contributed by atoms with van der Waals surface area (Å²) in [6, 6.07) is 21.2. The highest BCUT2D eigenvalue weighted by molar-refractivity contribution is 7.92. The highest BCUT2D eigenvalue weighted by Crippen LogP contribution is 2.23. The fourth-order valence-corrected chi connectivity index (χ4v) is 3.49. The van der Waals surface area contributed by atoms with Gasteiger partial charge in [-0.05, 0) is 42.5 Å². The lowest BCUT2D eigenvalue weighted by Crippen LogP contribution is -2.12. The predicted molar refractivity (Wildman–Crippen MR) is 105 cm³/mol. The van der Waals surface area contributed by atoms with Crippen molar-refractivity contribution < 1.29 is 13.2 Å². The summed E-state index contributed by atoms with van der Waals surface area (Å²) >= 11 is 0. The molecule has 0 fully saturated rings. The lowest BCUT2D eigenvalue weighted by Gasteiger charge is -2.08. The molecule has 0 spiro atoms. The number of rotatable bonds is 6. The predicted octanol–water partition coefficient (Wildman–Crippen LogP) is 3.86. The van der Waals surface area contributed by atoms with E-state index in [2.05, 4.69) is 14.8 Å². The minimum absolute atomic E-state index is 0.0742. The van der Waals surface area contributed by atoms with Crippen LogP contribution < -0.4 is 9.46 Å². The minimum Gasteiger partial charge on any atom is -0.439 e. The first kappa shape index (κ1) is 17.7. The molecule has 2 aromatic carbocycles. The third-order valence-electron chi connectivity index (χ3n) is 3.86. The largest absolute Gasteiger partial charge is 0.439 e. The number of para-hydroxylation sites is 1. The first-order valence-electron chi connectivity index (χ1n) is 8.42. The number of benzene rings is 2. The second-order valence-corrected chi connectivity index (χ2v) is 7.54. The Morgan fingerprint density at radius 3 is 2.36 bits per heavy atom. The molecule has 0 atom stereocenters. The summed E-state index contributed by atoms with van der Waals surface area (Å²) in [5.74, 6) is 1.02. The van der Waals surface area contributed by atoms with Crippen LogP contribution >= 0.6 is 0 Å². The summed E-state index contributed by atoms with van der Waals surface area (Å²) < 4.78 is 34.9. The lowest BCUT2D eigenvalue weighted by molar-refractivity contribution is 0.463. The number of hydrogen-bond donors (Lipinski definition) is 1. The summed E-state index contributed by atoms with van der Waals surface area (Å²) in [5, 5.41) is 4.13. The van der Waals surface area contributed by atoms with E-state index in [1.54, 1.807) is 42.6 Å². The average molecular weight is 392 g/mol. The van der Waals surface area contributed by atoms with Crippen LogP contribution in [0.25, 0.3) is 5.69 Å². The summed E-state index contributed by atoms with van der Waals surface area (Å²) in [7, 11) is -3.76. The topological polar surface area (TPSA) is 86.1 Å². The molecule has 4 aromatic rings. The van der Waals surface area contributed by atoms with Gasteiger partial charge in [0.1, 0.15) is 10.6 Å². The Labute approximate surface area is 162 Å². The van der Waals surface area contributed by atoms with Gasteiger partial charge < -0.3 is 4.74 Å². The summed E-state index contributed by atoms with van der Waals surface area (Å²) in [6.07, 6.45) is 4.41. The standard InChI is InChI=1S/C20H16N4O3S/c25-28(26,19-14-22-24(15-19)17-6-2-1-3-7-17)23-16-9-11-18(12-10-16)27-20-8-4-5-13-21-20/h1-15,23H. The molecule has 0 amide bonds. The molecular weight excluding hydrogens is 376 g/mol. The van der Waals surface area contributed by atoms with Gasteiger partial charge in [-0.1, -0.05) is 24.3 Å². The van der Waals surface area contributed by atoms with Crippen LogP contribution in [0.4, 0.5) is 5.69 Å². The Hall–Kier alpha value is -3.65. The molecule has 2 heterocycles. The zero-order valence-electron chi connectivity index (χ0n) is 14.6. The van der Waals surface area contributed by atoms with E-state index in [4.69, 9.17) is 4.74 Å². The van der Waals surface area contributed by atoms with Gasteiger partial charge in [0.05, 0.1) is 18.1 Å². The second kappa shape index (κ2) is 7.53. The number of nitrogens with zero attached hydrogens (tertiary/aromatic N) is 3. The van der Waals surface area contributed by atoms with E-state index in [1.807, 2.05) is 36.4 Å². The molecule has 0 unspecified atom stereocenters. The Bertz CT molecular complexity index is 1160. The second-order valence-electron chi connectivity index (χ2n) is 5.86. The monoisotopic (exact) mass is 392 g/mol. The highest BCUT2D eigenvalue weighted by Gasteiger charge is 2.17. The van der Waals surface area contributed by atoms with Gasteiger partial charge in [-0.15, -0.1) is 0 Å². The van der Waals surface area contributed by atoms with E-state index in [0.717, 1.165) is 5.69 Å². The quantitative estimate of drug-likeness (QED) is 0.538. The molecule has 8 heteroatoms. The van der Waals surface area contributed by atoms with Crippen molar-refractivity contribution in [3.8, 4) is 17.3 Å². The van der Waals surface area contributed by atoms with E-state index >= 15 is 0 Å². The number of nitrogens with one attached hydrogen (secondary N) is 1. The van der Waals surface area contributed by atoms with Crippen molar-refractivity contribution in [3.63, 3.8) is 0 Å². The molecule has 4 rings (SSSR count). The molecule has 0 radical (unpaired) electrons. The van der Waals surface area contributed by atoms with Crippen LogP contribution in [0.1, 0.15) is 0 Å². The molecule has 0 aliphatic heterocycles. The maximum absolute atomic E-state index is 12.6. The molecule has 7 nitrogen and oxygen atoms in total. The maximum atomic E-state index is 12.6. The van der Waals surface area contributed by atoms with Crippen LogP contribution in [0.5, 0.6) is 11.6 Å². The van der Waals surface area contributed by atoms with Crippen LogP contribution in [-0.2, 0) is 10.0 Å². The number of sulfonamides is 1. The molecule has 1 N–H and O–H groups in total. The van der Waals surface area contributed by atoms with Crippen molar-refractivity contribution in [2.75, 3.05) is 4.72 Å². The van der Waals surface area contributed by atoms with Crippen LogP contribution in [-0.4, -0.2) is 23.2 Å². The molecule has 0 aliphatic carbocycles. The van der Waals surface area contributed by atoms with Crippen molar-refractivity contribution in [2.24, 2.45) is 0 Å². The molecule has 0 saturated heterocycles. The number of ether oxygens (including phenoxy) is 1. The van der Waals surface area contributed by atoms with E-state index in [9.17, 15) is 8.42 Å². The SMILES string of the molecule is O=S(=O)(Nc1ccc(Oc2ccccn2)cc1)c1cnn(-c2ccccc2)c1. The Morgan fingerprint density at radius 2 is 1.64 bits per heavy atom. The number of pyridine rings is 1. The number of hydrogen-bond acceptors (Lipinski definition) is 5. The fourth-order valence-electron chi connectivity index (χ4n) is 2.50. The molecule has 2 aromatic heterocycles. The van der Waals surface area contributed by atoms with Crippen LogP contribution in [0.3, 0.4) is 0 Å². The summed E-state index contributed by atoms with van der Waals surface area (Å²) in [6.45, 7) is 0. The normalized spacial score (nSPS) is 11.1. The van der Waals surface area contributed by atoms with Crippen molar-refractivity contribution >= 4 is 15.7 Å². The van der Waals surface area contributed by atoms with Crippen molar-refractivity contribution in [1.82, 2.24) is 14.8 Å². The Kier molecular flexibility index (Phi) is 4.77. The third kappa shape index (κ3) is 4.02. The third-order valence-corrected chi connectivity index (χ3v) is 5.19. The molecule has 28 heavy (non-hydrogen) atoms. The van der Waals surface area contributed by atoms with Crippen LogP contribution in [0, 0.1) is 0 Å². The van der Waals surface area contributed by atoms with Crippen molar-refractivity contribution in [2.45, 2.75) is 4.90 Å². The molecule has 0 saturated carbocycles. The first-order chi connectivity index (χ1) is 13.6. The van der Waals surface area contributed by atoms with E-state index in [0.29, 0.717) is 17.3 Å². The smallest absolute Gasteiger partial charge is 0.265 e. The molecule has 0 bridgehead atoms. The fraction of sp³-hybridized carbons (Fsp3) is 0. The van der Waals surface area contributed by atoms with E-state index < -0.39 is 10.0 Å². The van der Waals surface area contributed by atoms with Gasteiger partial charge >= 0.3 is 0 Å². The van der Waals surface area contributed by atoms with Crippen molar-refractivity contribution in [3.05, 3.63) is 91.4 Å². The molecule has 0 aliphatic rings. The number of aromatic nitrogens is 3. The van der Waals surface area contributed by atoms with Gasteiger partial charge in [-0.25, -0.2) is 18.1 Å². The van der Waals surface area contributed by atoms with Gasteiger partial charge in [0.2, 0.25) is 5.88 Å². The number of anilines is 1.